The molecule has 1 atom stereocenters. The number of rotatable bonds is 6. The van der Waals surface area contributed by atoms with Gasteiger partial charge in [-0.1, -0.05) is 19.1 Å². The van der Waals surface area contributed by atoms with Crippen molar-refractivity contribution in [3.05, 3.63) is 40.9 Å². The van der Waals surface area contributed by atoms with E-state index in [-0.39, 0.29) is 5.91 Å². The number of nitrogens with one attached hydrogen (secondary N) is 1. The Bertz CT molecular complexity index is 716. The molecule has 0 radical (unpaired) electrons. The normalized spacial score (nSPS) is 18.1. The van der Waals surface area contributed by atoms with Crippen molar-refractivity contribution in [3.63, 3.8) is 0 Å². The van der Waals surface area contributed by atoms with Crippen LogP contribution in [0.25, 0.3) is 0 Å². The molecule has 0 spiro atoms. The Kier molecular flexibility index (Phi) is 6.04. The van der Waals surface area contributed by atoms with Gasteiger partial charge in [-0.2, -0.15) is 0 Å². The molecule has 0 unspecified atom stereocenters. The van der Waals surface area contributed by atoms with Gasteiger partial charge in [0.15, 0.2) is 5.13 Å². The molecule has 5 nitrogen and oxygen atoms in total. The average molecular weight is 359 g/mol. The molecule has 1 aliphatic rings. The Morgan fingerprint density at radius 2 is 2.28 bits per heavy atom. The lowest BCUT2D eigenvalue weighted by atomic mass is 10.0. The fourth-order valence-corrected chi connectivity index (χ4v) is 3.89. The van der Waals surface area contributed by atoms with Gasteiger partial charge in [-0.25, -0.2) is 4.98 Å². The second-order valence-corrected chi connectivity index (χ2v) is 7.37. The van der Waals surface area contributed by atoms with Crippen LogP contribution in [0.4, 0.5) is 5.13 Å². The quantitative estimate of drug-likeness (QED) is 0.846. The van der Waals surface area contributed by atoms with Gasteiger partial charge in [0.05, 0.1) is 17.9 Å². The highest BCUT2D eigenvalue weighted by atomic mass is 32.1. The Balaban J connectivity index is 1.62. The van der Waals surface area contributed by atoms with Gasteiger partial charge < -0.3 is 4.74 Å². The number of carbonyl (C=O) groups is 1. The van der Waals surface area contributed by atoms with Crippen LogP contribution in [0.15, 0.2) is 29.6 Å². The van der Waals surface area contributed by atoms with Crippen molar-refractivity contribution in [2.75, 3.05) is 25.0 Å². The molecule has 6 heteroatoms. The van der Waals surface area contributed by atoms with Crippen molar-refractivity contribution < 1.29 is 9.53 Å². The predicted molar refractivity (Wildman–Crippen MR) is 101 cm³/mol. The van der Waals surface area contributed by atoms with E-state index >= 15 is 0 Å². The van der Waals surface area contributed by atoms with E-state index in [1.807, 2.05) is 30.5 Å². The molecule has 1 aromatic carbocycles. The minimum absolute atomic E-state index is 0.184. The van der Waals surface area contributed by atoms with Crippen molar-refractivity contribution >= 4 is 22.4 Å². The first kappa shape index (κ1) is 17.9. The third-order valence-corrected chi connectivity index (χ3v) is 5.14. The number of anilines is 1. The number of nitrogens with zero attached hydrogens (tertiary/aromatic N) is 2. The molecule has 2 heterocycles. The number of thiazole rings is 1. The van der Waals surface area contributed by atoms with Gasteiger partial charge in [0.1, 0.15) is 5.75 Å². The summed E-state index contributed by atoms with van der Waals surface area (Å²) in [6.45, 7) is 7.84. The highest BCUT2D eigenvalue weighted by Crippen LogP contribution is 2.23. The van der Waals surface area contributed by atoms with Crippen LogP contribution in [-0.4, -0.2) is 35.5 Å². The van der Waals surface area contributed by atoms with E-state index in [9.17, 15) is 4.79 Å². The summed E-state index contributed by atoms with van der Waals surface area (Å²) in [7, 11) is 0. The lowest BCUT2D eigenvalue weighted by Crippen LogP contribution is -2.33. The Morgan fingerprint density at radius 3 is 3.08 bits per heavy atom. The maximum absolute atomic E-state index is 12.5. The van der Waals surface area contributed by atoms with Gasteiger partial charge in [0.25, 0.3) is 5.91 Å². The summed E-state index contributed by atoms with van der Waals surface area (Å²) in [6.07, 6.45) is 2.57. The third-order valence-electron chi connectivity index (χ3n) is 4.33. The maximum Gasteiger partial charge on any atom is 0.261 e. The zero-order valence-electron chi connectivity index (χ0n) is 14.8. The first-order chi connectivity index (χ1) is 12.2. The zero-order chi connectivity index (χ0) is 17.6. The first-order valence-electron chi connectivity index (χ1n) is 8.85. The number of amides is 1. The Hall–Kier alpha value is -1.92. The fraction of sp³-hybridized carbons (Fsp3) is 0.474. The molecule has 2 aromatic rings. The summed E-state index contributed by atoms with van der Waals surface area (Å²) in [4.78, 5) is 19.5. The average Bonchev–Trinajstić information content (AvgIpc) is 3.02. The lowest BCUT2D eigenvalue weighted by Gasteiger charge is -2.30. The summed E-state index contributed by atoms with van der Waals surface area (Å²) in [5, 5.41) is 5.56. The Morgan fingerprint density at radius 1 is 1.44 bits per heavy atom. The van der Waals surface area contributed by atoms with E-state index in [1.54, 1.807) is 6.07 Å². The molecular formula is C19H25N3O2S. The largest absolute Gasteiger partial charge is 0.493 e. The summed E-state index contributed by atoms with van der Waals surface area (Å²) < 4.78 is 5.53. The van der Waals surface area contributed by atoms with Crippen LogP contribution >= 0.6 is 11.3 Å². The molecular weight excluding hydrogens is 334 g/mol. The van der Waals surface area contributed by atoms with Gasteiger partial charge in [0.2, 0.25) is 0 Å². The summed E-state index contributed by atoms with van der Waals surface area (Å²) in [6, 6.07) is 7.28. The van der Waals surface area contributed by atoms with E-state index < -0.39 is 0 Å². The molecule has 0 bridgehead atoms. The molecule has 1 N–H and O–H groups in total. The van der Waals surface area contributed by atoms with Crippen LogP contribution in [0, 0.1) is 5.92 Å². The number of aromatic nitrogens is 1. The number of para-hydroxylation sites is 1. The monoisotopic (exact) mass is 359 g/mol. The molecule has 1 saturated heterocycles. The third kappa shape index (κ3) is 4.80. The second-order valence-electron chi connectivity index (χ2n) is 6.51. The number of benzene rings is 1. The first-order valence-corrected chi connectivity index (χ1v) is 9.73. The Labute approximate surface area is 153 Å². The highest BCUT2D eigenvalue weighted by Gasteiger charge is 2.18. The number of hydrogen-bond donors (Lipinski definition) is 1. The summed E-state index contributed by atoms with van der Waals surface area (Å²) >= 11 is 1.47. The number of hydrogen-bond acceptors (Lipinski definition) is 5. The van der Waals surface area contributed by atoms with Crippen LogP contribution in [0.5, 0.6) is 5.75 Å². The van der Waals surface area contributed by atoms with E-state index in [2.05, 4.69) is 22.1 Å². The van der Waals surface area contributed by atoms with E-state index in [1.165, 1.54) is 24.2 Å². The standard InChI is InChI=1S/C19H25N3O2S/c1-3-24-17-9-5-4-8-16(17)18(23)21-19-20-15(13-25-19)12-22-10-6-7-14(2)11-22/h4-5,8-9,13-14H,3,6-7,10-12H2,1-2H3,(H,20,21,23)/t14-/m0/s1. The van der Waals surface area contributed by atoms with Crippen molar-refractivity contribution in [2.24, 2.45) is 5.92 Å². The minimum Gasteiger partial charge on any atom is -0.493 e. The van der Waals surface area contributed by atoms with Gasteiger partial charge in [0, 0.05) is 18.5 Å². The number of piperidine rings is 1. The molecule has 25 heavy (non-hydrogen) atoms. The van der Waals surface area contributed by atoms with Gasteiger partial charge in [-0.15, -0.1) is 11.3 Å². The zero-order valence-corrected chi connectivity index (χ0v) is 15.6. The number of carbonyl (C=O) groups excluding carboxylic acids is 1. The van der Waals surface area contributed by atoms with E-state index in [0.29, 0.717) is 23.1 Å². The van der Waals surface area contributed by atoms with Crippen LogP contribution in [-0.2, 0) is 6.54 Å². The molecule has 0 aliphatic carbocycles. The maximum atomic E-state index is 12.5. The molecule has 134 valence electrons. The molecule has 1 amide bonds. The van der Waals surface area contributed by atoms with Crippen molar-refractivity contribution in [3.8, 4) is 5.75 Å². The fourth-order valence-electron chi connectivity index (χ4n) is 3.20. The number of ether oxygens (including phenoxy) is 1. The molecule has 1 aliphatic heterocycles. The predicted octanol–water partition coefficient (Wildman–Crippen LogP) is 4.03. The summed E-state index contributed by atoms with van der Waals surface area (Å²) in [5.41, 5.74) is 1.55. The molecule has 0 saturated carbocycles. The molecule has 1 aromatic heterocycles. The molecule has 1 fully saturated rings. The van der Waals surface area contributed by atoms with Crippen LogP contribution < -0.4 is 10.1 Å². The van der Waals surface area contributed by atoms with Crippen molar-refractivity contribution in [2.45, 2.75) is 33.2 Å². The lowest BCUT2D eigenvalue weighted by molar-refractivity contribution is 0.102. The van der Waals surface area contributed by atoms with Crippen LogP contribution in [0.2, 0.25) is 0 Å². The topological polar surface area (TPSA) is 54.5 Å². The molecule has 3 rings (SSSR count). The van der Waals surface area contributed by atoms with Crippen molar-refractivity contribution in [1.29, 1.82) is 0 Å². The second kappa shape index (κ2) is 8.45. The van der Waals surface area contributed by atoms with Crippen LogP contribution in [0.3, 0.4) is 0 Å². The smallest absolute Gasteiger partial charge is 0.261 e. The van der Waals surface area contributed by atoms with Gasteiger partial charge in [-0.05, 0) is 44.4 Å². The highest BCUT2D eigenvalue weighted by molar-refractivity contribution is 7.14. The SMILES string of the molecule is CCOc1ccccc1C(=O)Nc1nc(CN2CCC[C@H](C)C2)cs1. The van der Waals surface area contributed by atoms with Gasteiger partial charge in [-0.3, -0.25) is 15.0 Å². The summed E-state index contributed by atoms with van der Waals surface area (Å²) in [5.74, 6) is 1.17. The number of likely N-dealkylation sites (tertiary alicyclic amines) is 1. The van der Waals surface area contributed by atoms with Crippen molar-refractivity contribution in [1.82, 2.24) is 9.88 Å². The minimum atomic E-state index is -0.184. The van der Waals surface area contributed by atoms with Gasteiger partial charge >= 0.3 is 0 Å². The van der Waals surface area contributed by atoms with E-state index in [0.717, 1.165) is 31.2 Å². The van der Waals surface area contributed by atoms with Crippen LogP contribution in [0.1, 0.15) is 42.7 Å². The van der Waals surface area contributed by atoms with E-state index in [4.69, 9.17) is 4.74 Å².